The lowest BCUT2D eigenvalue weighted by Crippen LogP contribution is -2.23. The SMILES string of the molecule is [2H]c1sc(N)nc1C([2H])([2H])C(=O)Nc1c([2H])c([2H])c(C([2H])([2H])CNC([2H])([2H])[C@@H](O)c2ccccc2)c([2H])c1[2H]. The summed E-state index contributed by atoms with van der Waals surface area (Å²) in [5.74, 6) is -1.44. The molecule has 0 spiro atoms. The highest BCUT2D eigenvalue weighted by Crippen LogP contribution is 2.14. The van der Waals surface area contributed by atoms with Crippen LogP contribution < -0.4 is 16.4 Å². The van der Waals surface area contributed by atoms with Crippen LogP contribution in [0.1, 0.15) is 38.0 Å². The van der Waals surface area contributed by atoms with Crippen LogP contribution in [0.25, 0.3) is 0 Å². The van der Waals surface area contributed by atoms with E-state index in [9.17, 15) is 9.90 Å². The Morgan fingerprint density at radius 1 is 1.29 bits per heavy atom. The van der Waals surface area contributed by atoms with Crippen molar-refractivity contribution in [3.05, 3.63) is 76.7 Å². The number of nitrogen functional groups attached to an aromatic ring is 1. The van der Waals surface area contributed by atoms with Crippen molar-refractivity contribution in [1.29, 1.82) is 0 Å². The molecule has 0 saturated heterocycles. The molecule has 1 heterocycles. The summed E-state index contributed by atoms with van der Waals surface area (Å²) < 4.78 is 89.9. The van der Waals surface area contributed by atoms with E-state index in [-0.39, 0.29) is 10.7 Å². The van der Waals surface area contributed by atoms with Crippen LogP contribution >= 0.6 is 11.3 Å². The summed E-state index contributed by atoms with van der Waals surface area (Å²) in [6, 6.07) is 4.26. The third-order valence-corrected chi connectivity index (χ3v) is 3.87. The minimum absolute atomic E-state index is 0.156. The number of carbonyl (C=O) groups is 1. The number of thiazole rings is 1. The van der Waals surface area contributed by atoms with E-state index in [1.165, 1.54) is 12.1 Å². The molecule has 0 saturated carbocycles. The Hall–Kier alpha value is -2.74. The Morgan fingerprint density at radius 2 is 2.04 bits per heavy atom. The molecule has 1 aromatic heterocycles. The molecule has 28 heavy (non-hydrogen) atoms. The van der Waals surface area contributed by atoms with Crippen LogP contribution in [-0.4, -0.2) is 29.0 Å². The second kappa shape index (κ2) is 9.98. The summed E-state index contributed by atoms with van der Waals surface area (Å²) in [4.78, 5) is 16.4. The van der Waals surface area contributed by atoms with Gasteiger partial charge in [-0.3, -0.25) is 4.79 Å². The predicted octanol–water partition coefficient (Wildman–Crippen LogP) is 2.77. The second-order valence-electron chi connectivity index (χ2n) is 5.32. The average Bonchev–Trinajstić information content (AvgIpc) is 3.22. The normalized spacial score (nSPS) is 19.1. The summed E-state index contributed by atoms with van der Waals surface area (Å²) in [5.41, 5.74) is 3.63. The maximum Gasteiger partial charge on any atom is 0.230 e. The minimum atomic E-state index is -2.92. The minimum Gasteiger partial charge on any atom is -0.387 e. The molecule has 1 amide bonds. The third-order valence-electron chi connectivity index (χ3n) is 3.28. The van der Waals surface area contributed by atoms with Crippen LogP contribution in [0.5, 0.6) is 0 Å². The molecule has 0 aliphatic rings. The monoisotopic (exact) mass is 407 g/mol. The molecule has 2 aromatic carbocycles. The first-order chi connectivity index (χ1) is 17.9. The smallest absolute Gasteiger partial charge is 0.230 e. The van der Waals surface area contributed by atoms with E-state index in [4.69, 9.17) is 20.8 Å². The van der Waals surface area contributed by atoms with Crippen molar-refractivity contribution < 1.29 is 25.0 Å². The van der Waals surface area contributed by atoms with Crippen molar-refractivity contribution in [3.8, 4) is 0 Å². The molecule has 0 bridgehead atoms. The van der Waals surface area contributed by atoms with E-state index in [0.717, 1.165) is 0 Å². The van der Waals surface area contributed by atoms with Crippen LogP contribution in [0.15, 0.2) is 59.9 Å². The largest absolute Gasteiger partial charge is 0.387 e. The summed E-state index contributed by atoms with van der Waals surface area (Å²) >= 11 is 0.632. The zero-order valence-corrected chi connectivity index (χ0v) is 15.3. The van der Waals surface area contributed by atoms with Crippen molar-refractivity contribution in [2.75, 3.05) is 24.1 Å². The molecular formula is C21H24N4O2S. The first-order valence-corrected chi connectivity index (χ1v) is 8.87. The van der Waals surface area contributed by atoms with Crippen LogP contribution in [0.2, 0.25) is 0 Å². The molecule has 7 heteroatoms. The van der Waals surface area contributed by atoms with Gasteiger partial charge in [-0.25, -0.2) is 4.98 Å². The number of amides is 1. The van der Waals surface area contributed by atoms with Gasteiger partial charge in [-0.1, -0.05) is 42.4 Å². The molecule has 1 atom stereocenters. The second-order valence-corrected chi connectivity index (χ2v) is 6.15. The van der Waals surface area contributed by atoms with Gasteiger partial charge in [-0.2, -0.15) is 0 Å². The van der Waals surface area contributed by atoms with Gasteiger partial charge in [0.15, 0.2) is 5.13 Å². The number of hydrogen-bond acceptors (Lipinski definition) is 6. The van der Waals surface area contributed by atoms with Gasteiger partial charge in [0.25, 0.3) is 0 Å². The first kappa shape index (κ1) is 10.2. The third kappa shape index (κ3) is 6.16. The Morgan fingerprint density at radius 3 is 2.71 bits per heavy atom. The highest BCUT2D eigenvalue weighted by atomic mass is 32.1. The summed E-state index contributed by atoms with van der Waals surface area (Å²) in [6.07, 6.45) is -7.29. The molecule has 5 N–H and O–H groups in total. The van der Waals surface area contributed by atoms with Gasteiger partial charge in [0.05, 0.1) is 25.0 Å². The number of nitrogens with two attached hydrogens (primary N) is 1. The number of carbonyl (C=O) groups excluding carboxylic acids is 1. The first-order valence-electron chi connectivity index (χ1n) is 13.6. The standard InChI is InChI=1S/C21H24N4O2S/c22-21-25-18(14-28-21)12-20(27)24-17-8-6-15(7-9-17)10-11-23-13-19(26)16-4-2-1-3-5-16/h1-9,14,19,23,26H,10-13H2,(H2,22,25)(H,24,27)/t19-/m1/s1/i6D,7D,8D,9D,10D2,12D2,13D2,14D. The van der Waals surface area contributed by atoms with Crippen molar-refractivity contribution in [2.24, 2.45) is 0 Å². The summed E-state index contributed by atoms with van der Waals surface area (Å²) in [6.45, 7) is -3.39. The molecule has 0 aliphatic heterocycles. The number of rotatable bonds is 9. The number of aliphatic hydroxyl groups excluding tert-OH is 1. The molecule has 0 fully saturated rings. The lowest BCUT2D eigenvalue weighted by atomic mass is 10.1. The highest BCUT2D eigenvalue weighted by Gasteiger charge is 2.08. The zero-order valence-electron chi connectivity index (χ0n) is 25.5. The molecular weight excluding hydrogens is 372 g/mol. The topological polar surface area (TPSA) is 100 Å². The number of anilines is 2. The quantitative estimate of drug-likeness (QED) is 0.437. The molecule has 0 aliphatic carbocycles. The van der Waals surface area contributed by atoms with E-state index in [0.29, 0.717) is 11.3 Å². The summed E-state index contributed by atoms with van der Waals surface area (Å²) in [7, 11) is 0. The van der Waals surface area contributed by atoms with Gasteiger partial charge in [0.2, 0.25) is 5.91 Å². The number of aliphatic hydroxyl groups is 1. The fourth-order valence-electron chi connectivity index (χ4n) is 2.02. The fourth-order valence-corrected chi connectivity index (χ4v) is 2.46. The van der Waals surface area contributed by atoms with E-state index >= 15 is 0 Å². The lowest BCUT2D eigenvalue weighted by Gasteiger charge is -2.12. The molecule has 146 valence electrons. The number of aromatic nitrogens is 1. The van der Waals surface area contributed by atoms with E-state index in [1.54, 1.807) is 18.2 Å². The van der Waals surface area contributed by atoms with Crippen LogP contribution in [0, 0.1) is 0 Å². The average molecular weight is 408 g/mol. The Balaban J connectivity index is 1.90. The number of nitrogens with zero attached hydrogens (tertiary/aromatic N) is 1. The maximum atomic E-state index is 12.7. The Labute approximate surface area is 183 Å². The van der Waals surface area contributed by atoms with Gasteiger partial charge in [-0.05, 0) is 36.1 Å². The number of nitrogens with one attached hydrogen (secondary N) is 2. The number of hydrogen-bond donors (Lipinski definition) is 4. The molecule has 3 aromatic rings. The molecule has 0 unspecified atom stereocenters. The van der Waals surface area contributed by atoms with E-state index in [2.05, 4.69) is 10.3 Å². The van der Waals surface area contributed by atoms with E-state index < -0.39 is 84.3 Å². The Kier molecular flexibility index (Phi) is 3.62. The lowest BCUT2D eigenvalue weighted by molar-refractivity contribution is -0.115. The van der Waals surface area contributed by atoms with Gasteiger partial charge >= 0.3 is 0 Å². The van der Waals surface area contributed by atoms with Gasteiger partial charge in [-0.15, -0.1) is 11.3 Å². The molecule has 0 radical (unpaired) electrons. The van der Waals surface area contributed by atoms with Gasteiger partial charge in [0.1, 0.15) is 0 Å². The van der Waals surface area contributed by atoms with Gasteiger partial charge < -0.3 is 21.5 Å². The Bertz CT molecular complexity index is 1360. The highest BCUT2D eigenvalue weighted by molar-refractivity contribution is 7.13. The molecule has 6 nitrogen and oxygen atoms in total. The maximum absolute atomic E-state index is 12.7. The van der Waals surface area contributed by atoms with Crippen molar-refractivity contribution in [1.82, 2.24) is 10.3 Å². The van der Waals surface area contributed by atoms with Crippen molar-refractivity contribution >= 4 is 28.1 Å². The van der Waals surface area contributed by atoms with Gasteiger partial charge in [0, 0.05) is 25.8 Å². The van der Waals surface area contributed by atoms with E-state index in [1.807, 2.05) is 5.32 Å². The van der Waals surface area contributed by atoms with Crippen LogP contribution in [0.3, 0.4) is 0 Å². The zero-order chi connectivity index (χ0) is 29.5. The number of benzene rings is 2. The summed E-state index contributed by atoms with van der Waals surface area (Å²) in [5, 5.41) is 14.1. The predicted molar refractivity (Wildman–Crippen MR) is 113 cm³/mol. The van der Waals surface area contributed by atoms with Crippen LogP contribution in [-0.2, 0) is 17.5 Å². The fraction of sp³-hybridized carbons (Fsp3) is 0.238. The van der Waals surface area contributed by atoms with Crippen molar-refractivity contribution in [3.63, 3.8) is 0 Å². The van der Waals surface area contributed by atoms with Crippen molar-refractivity contribution in [2.45, 2.75) is 18.8 Å². The van der Waals surface area contributed by atoms with Crippen LogP contribution in [0.4, 0.5) is 10.8 Å². The molecule has 3 rings (SSSR count).